The summed E-state index contributed by atoms with van der Waals surface area (Å²) in [5.74, 6) is -0.0659. The number of carbonyl (C=O) groups is 2. The summed E-state index contributed by atoms with van der Waals surface area (Å²) < 4.78 is 5.01. The van der Waals surface area contributed by atoms with Crippen LogP contribution in [-0.4, -0.2) is 37.0 Å². The molecule has 1 atom stereocenters. The van der Waals surface area contributed by atoms with Gasteiger partial charge in [0.05, 0.1) is 12.5 Å². The van der Waals surface area contributed by atoms with Gasteiger partial charge in [-0.05, 0) is 30.5 Å². The number of aryl methyl sites for hydroxylation is 1. The van der Waals surface area contributed by atoms with Gasteiger partial charge in [0.1, 0.15) is 0 Å². The molecule has 0 aromatic heterocycles. The summed E-state index contributed by atoms with van der Waals surface area (Å²) in [4.78, 5) is 27.2. The van der Waals surface area contributed by atoms with E-state index in [2.05, 4.69) is 5.32 Å². The Morgan fingerprint density at radius 2 is 1.93 bits per heavy atom. The molecule has 0 unspecified atom stereocenters. The minimum absolute atomic E-state index is 0.0108. The third kappa shape index (κ3) is 4.55. The first-order valence-electron chi connectivity index (χ1n) is 9.31. The number of benzene rings is 2. The van der Waals surface area contributed by atoms with Gasteiger partial charge in [-0.1, -0.05) is 48.0 Å². The van der Waals surface area contributed by atoms with Gasteiger partial charge in [-0.3, -0.25) is 9.59 Å². The molecule has 2 aromatic carbocycles. The van der Waals surface area contributed by atoms with Gasteiger partial charge in [-0.2, -0.15) is 0 Å². The molecule has 1 aliphatic heterocycles. The number of carbonyl (C=O) groups excluding carboxylic acids is 2. The first kappa shape index (κ1) is 19.1. The molecule has 0 fully saturated rings. The van der Waals surface area contributed by atoms with Crippen LogP contribution in [0.2, 0.25) is 0 Å². The van der Waals surface area contributed by atoms with Crippen LogP contribution in [0.15, 0.2) is 48.5 Å². The number of nitrogens with one attached hydrogen (secondary N) is 1. The van der Waals surface area contributed by atoms with Crippen LogP contribution in [0.25, 0.3) is 0 Å². The molecule has 3 rings (SSSR count). The van der Waals surface area contributed by atoms with E-state index >= 15 is 0 Å². The molecule has 0 saturated carbocycles. The molecule has 1 N–H and O–H groups in total. The van der Waals surface area contributed by atoms with E-state index in [1.807, 2.05) is 60.4 Å². The maximum absolute atomic E-state index is 12.9. The summed E-state index contributed by atoms with van der Waals surface area (Å²) in [5.41, 5.74) is 3.88. The highest BCUT2D eigenvalue weighted by molar-refractivity contribution is 5.98. The zero-order valence-corrected chi connectivity index (χ0v) is 15.9. The van der Waals surface area contributed by atoms with Crippen molar-refractivity contribution in [3.63, 3.8) is 0 Å². The zero-order valence-electron chi connectivity index (χ0n) is 15.9. The molecule has 27 heavy (non-hydrogen) atoms. The molecule has 1 aliphatic rings. The van der Waals surface area contributed by atoms with Crippen molar-refractivity contribution in [2.75, 3.05) is 20.3 Å². The molecule has 142 valence electrons. The smallest absolute Gasteiger partial charge is 0.255 e. The fourth-order valence-corrected chi connectivity index (χ4v) is 3.42. The van der Waals surface area contributed by atoms with Crippen molar-refractivity contribution < 1.29 is 14.3 Å². The molecule has 2 amide bonds. The third-order valence-electron chi connectivity index (χ3n) is 4.91. The summed E-state index contributed by atoms with van der Waals surface area (Å²) in [6.07, 6.45) is 1.02. The number of hydrogen-bond donors (Lipinski definition) is 1. The van der Waals surface area contributed by atoms with Crippen molar-refractivity contribution in [2.45, 2.75) is 32.4 Å². The predicted octanol–water partition coefficient (Wildman–Crippen LogP) is 3.23. The summed E-state index contributed by atoms with van der Waals surface area (Å²) in [6, 6.07) is 15.4. The minimum atomic E-state index is -0.284. The van der Waals surface area contributed by atoms with Gasteiger partial charge in [-0.25, -0.2) is 0 Å². The van der Waals surface area contributed by atoms with Crippen molar-refractivity contribution in [1.82, 2.24) is 10.2 Å². The molecular weight excluding hydrogens is 340 g/mol. The largest absolute Gasteiger partial charge is 0.385 e. The third-order valence-corrected chi connectivity index (χ3v) is 4.91. The lowest BCUT2D eigenvalue weighted by Gasteiger charge is -2.28. The number of methoxy groups -OCH3 is 1. The van der Waals surface area contributed by atoms with Crippen molar-refractivity contribution in [2.24, 2.45) is 0 Å². The zero-order chi connectivity index (χ0) is 19.2. The standard InChI is InChI=1S/C22H26N2O3/c1-16-8-10-17(11-9-16)20(14-21(25)23-12-5-13-27-2)24-15-18-6-3-4-7-19(18)22(24)26/h3-4,6-11,20H,5,12-15H2,1-2H3,(H,23,25)/t20-/m0/s1. The Bertz CT molecular complexity index is 801. The highest BCUT2D eigenvalue weighted by Crippen LogP contribution is 2.33. The lowest BCUT2D eigenvalue weighted by Crippen LogP contribution is -2.34. The molecule has 0 aliphatic carbocycles. The van der Waals surface area contributed by atoms with E-state index in [1.165, 1.54) is 0 Å². The van der Waals surface area contributed by atoms with Crippen molar-refractivity contribution in [3.05, 3.63) is 70.8 Å². The molecule has 0 saturated heterocycles. The molecule has 1 heterocycles. The van der Waals surface area contributed by atoms with Gasteiger partial charge in [0.25, 0.3) is 5.91 Å². The second kappa shape index (κ2) is 8.82. The van der Waals surface area contributed by atoms with Crippen LogP contribution in [0.5, 0.6) is 0 Å². The fraction of sp³-hybridized carbons (Fsp3) is 0.364. The Labute approximate surface area is 160 Å². The second-order valence-electron chi connectivity index (χ2n) is 6.92. The molecule has 5 nitrogen and oxygen atoms in total. The lowest BCUT2D eigenvalue weighted by molar-refractivity contribution is -0.122. The molecule has 2 aromatic rings. The van der Waals surface area contributed by atoms with Gasteiger partial charge in [0.2, 0.25) is 5.91 Å². The maximum Gasteiger partial charge on any atom is 0.255 e. The van der Waals surface area contributed by atoms with Gasteiger partial charge in [0, 0.05) is 32.4 Å². The van der Waals surface area contributed by atoms with Crippen LogP contribution in [0.3, 0.4) is 0 Å². The number of hydrogen-bond acceptors (Lipinski definition) is 3. The van der Waals surface area contributed by atoms with Crippen LogP contribution in [-0.2, 0) is 16.1 Å². The quantitative estimate of drug-likeness (QED) is 0.730. The summed E-state index contributed by atoms with van der Waals surface area (Å²) in [5, 5.41) is 2.93. The van der Waals surface area contributed by atoms with E-state index in [0.717, 1.165) is 28.7 Å². The molecule has 0 radical (unpaired) electrons. The average Bonchev–Trinajstić information content (AvgIpc) is 3.01. The van der Waals surface area contributed by atoms with E-state index in [1.54, 1.807) is 7.11 Å². The van der Waals surface area contributed by atoms with Crippen molar-refractivity contribution in [1.29, 1.82) is 0 Å². The van der Waals surface area contributed by atoms with Gasteiger partial charge >= 0.3 is 0 Å². The average molecular weight is 366 g/mol. The Kier molecular flexibility index (Phi) is 6.24. The molecule has 0 spiro atoms. The van der Waals surface area contributed by atoms with Gasteiger partial charge in [0.15, 0.2) is 0 Å². The first-order chi connectivity index (χ1) is 13.1. The van der Waals surface area contributed by atoms with Gasteiger partial charge in [-0.15, -0.1) is 0 Å². The maximum atomic E-state index is 12.9. The molecule has 0 bridgehead atoms. The van der Waals surface area contributed by atoms with E-state index in [4.69, 9.17) is 4.74 Å². The lowest BCUT2D eigenvalue weighted by atomic mass is 10.00. The van der Waals surface area contributed by atoms with Crippen LogP contribution in [0, 0.1) is 6.92 Å². The second-order valence-corrected chi connectivity index (χ2v) is 6.92. The number of fused-ring (bicyclic) bond motifs is 1. The van der Waals surface area contributed by atoms with Crippen LogP contribution in [0.4, 0.5) is 0 Å². The van der Waals surface area contributed by atoms with Crippen molar-refractivity contribution in [3.8, 4) is 0 Å². The highest BCUT2D eigenvalue weighted by Gasteiger charge is 2.34. The monoisotopic (exact) mass is 366 g/mol. The summed E-state index contributed by atoms with van der Waals surface area (Å²) >= 11 is 0. The first-order valence-corrected chi connectivity index (χ1v) is 9.31. The normalized spacial score (nSPS) is 14.1. The molecular formula is C22H26N2O3. The number of ether oxygens (including phenoxy) is 1. The van der Waals surface area contributed by atoms with E-state index < -0.39 is 0 Å². The summed E-state index contributed by atoms with van der Waals surface area (Å²) in [7, 11) is 1.64. The highest BCUT2D eigenvalue weighted by atomic mass is 16.5. The Morgan fingerprint density at radius 1 is 1.19 bits per heavy atom. The Morgan fingerprint density at radius 3 is 2.63 bits per heavy atom. The van der Waals surface area contributed by atoms with Crippen LogP contribution >= 0.6 is 0 Å². The van der Waals surface area contributed by atoms with E-state index in [9.17, 15) is 9.59 Å². The predicted molar refractivity (Wildman–Crippen MR) is 104 cm³/mol. The number of amides is 2. The number of rotatable bonds is 8. The fourth-order valence-electron chi connectivity index (χ4n) is 3.42. The number of nitrogens with zero attached hydrogens (tertiary/aromatic N) is 1. The van der Waals surface area contributed by atoms with Crippen LogP contribution < -0.4 is 5.32 Å². The minimum Gasteiger partial charge on any atom is -0.385 e. The topological polar surface area (TPSA) is 58.6 Å². The Balaban J connectivity index is 1.78. The SMILES string of the molecule is COCCCNC(=O)C[C@@H](c1ccc(C)cc1)N1Cc2ccccc2C1=O. The van der Waals surface area contributed by atoms with E-state index in [0.29, 0.717) is 19.7 Å². The Hall–Kier alpha value is -2.66. The van der Waals surface area contributed by atoms with Crippen LogP contribution in [0.1, 0.15) is 45.9 Å². The molecule has 5 heteroatoms. The van der Waals surface area contributed by atoms with Crippen molar-refractivity contribution >= 4 is 11.8 Å². The van der Waals surface area contributed by atoms with E-state index in [-0.39, 0.29) is 24.3 Å². The van der Waals surface area contributed by atoms with Gasteiger partial charge < -0.3 is 15.0 Å². The summed E-state index contributed by atoms with van der Waals surface area (Å²) in [6.45, 7) is 3.74.